The summed E-state index contributed by atoms with van der Waals surface area (Å²) in [5, 5.41) is 3.40. The third-order valence-corrected chi connectivity index (χ3v) is 2.09. The average molecular weight is 155 g/mol. The minimum Gasteiger partial charge on any atom is -0.378 e. The van der Waals surface area contributed by atoms with E-state index in [2.05, 4.69) is 11.4 Å². The third-order valence-electron chi connectivity index (χ3n) is 2.09. The maximum Gasteiger partial charge on any atom is 0.0840 e. The van der Waals surface area contributed by atoms with E-state index in [1.54, 1.807) is 0 Å². The summed E-state index contributed by atoms with van der Waals surface area (Å²) in [5.74, 6) is 0. The topological polar surface area (TPSA) is 30.5 Å². The first-order chi connectivity index (χ1) is 5.41. The van der Waals surface area contributed by atoms with E-state index in [0.717, 1.165) is 33.0 Å². The molecule has 2 heterocycles. The second-order valence-electron chi connectivity index (χ2n) is 3.05. The smallest absolute Gasteiger partial charge is 0.0840 e. The van der Waals surface area contributed by atoms with E-state index in [1.807, 2.05) is 6.08 Å². The molecule has 2 rings (SSSR count). The van der Waals surface area contributed by atoms with Gasteiger partial charge in [-0.2, -0.15) is 0 Å². The Kier molecular flexibility index (Phi) is 1.94. The Morgan fingerprint density at radius 1 is 1.27 bits per heavy atom. The zero-order valence-corrected chi connectivity index (χ0v) is 6.51. The van der Waals surface area contributed by atoms with Gasteiger partial charge in [-0.25, -0.2) is 0 Å². The molecular weight excluding hydrogens is 142 g/mol. The van der Waals surface area contributed by atoms with Crippen LogP contribution in [-0.2, 0) is 9.47 Å². The van der Waals surface area contributed by atoms with Crippen molar-refractivity contribution < 1.29 is 9.47 Å². The molecule has 0 aliphatic carbocycles. The van der Waals surface area contributed by atoms with Crippen LogP contribution in [0.1, 0.15) is 0 Å². The van der Waals surface area contributed by atoms with Crippen LogP contribution < -0.4 is 5.32 Å². The lowest BCUT2D eigenvalue weighted by molar-refractivity contribution is -0.00378. The fraction of sp³-hybridized carbons (Fsp3) is 0.750. The minimum absolute atomic E-state index is 0.0174. The maximum atomic E-state index is 5.37. The standard InChI is InChI=1S/C8H13NO2/c1-2-8(6-10-4-1)7-11-5-3-9-8/h1-2,9H,3-7H2. The largest absolute Gasteiger partial charge is 0.378 e. The van der Waals surface area contributed by atoms with Crippen molar-refractivity contribution in [3.05, 3.63) is 12.2 Å². The van der Waals surface area contributed by atoms with Gasteiger partial charge in [0.2, 0.25) is 0 Å². The van der Waals surface area contributed by atoms with Gasteiger partial charge in [-0.15, -0.1) is 0 Å². The first kappa shape index (κ1) is 7.28. The van der Waals surface area contributed by atoms with E-state index in [1.165, 1.54) is 0 Å². The fourth-order valence-corrected chi connectivity index (χ4v) is 1.51. The van der Waals surface area contributed by atoms with E-state index in [4.69, 9.17) is 9.47 Å². The monoisotopic (exact) mass is 155 g/mol. The summed E-state index contributed by atoms with van der Waals surface area (Å²) in [4.78, 5) is 0. The van der Waals surface area contributed by atoms with E-state index < -0.39 is 0 Å². The summed E-state index contributed by atoms with van der Waals surface area (Å²) >= 11 is 0. The molecule has 0 radical (unpaired) electrons. The van der Waals surface area contributed by atoms with Crippen molar-refractivity contribution in [2.24, 2.45) is 0 Å². The SMILES string of the molecule is C1=CC2(COC1)COCCN2. The van der Waals surface area contributed by atoms with Crippen molar-refractivity contribution >= 4 is 0 Å². The Morgan fingerprint density at radius 2 is 2.18 bits per heavy atom. The van der Waals surface area contributed by atoms with Crippen molar-refractivity contribution in [2.45, 2.75) is 5.54 Å². The van der Waals surface area contributed by atoms with Gasteiger partial charge in [0.15, 0.2) is 0 Å². The molecule has 1 saturated heterocycles. The van der Waals surface area contributed by atoms with E-state index >= 15 is 0 Å². The number of hydrogen-bond acceptors (Lipinski definition) is 3. The quantitative estimate of drug-likeness (QED) is 0.497. The van der Waals surface area contributed by atoms with Crippen molar-refractivity contribution in [3.8, 4) is 0 Å². The summed E-state index contributed by atoms with van der Waals surface area (Å²) in [6.07, 6.45) is 4.21. The van der Waals surface area contributed by atoms with Crippen LogP contribution in [-0.4, -0.2) is 38.5 Å². The Bertz CT molecular complexity index is 161. The molecule has 0 saturated carbocycles. The van der Waals surface area contributed by atoms with Crippen LogP contribution in [0, 0.1) is 0 Å². The molecule has 0 bridgehead atoms. The Balaban J connectivity index is 2.06. The van der Waals surface area contributed by atoms with Crippen molar-refractivity contribution in [3.63, 3.8) is 0 Å². The number of nitrogens with one attached hydrogen (secondary N) is 1. The molecule has 0 aromatic carbocycles. The van der Waals surface area contributed by atoms with Crippen LogP contribution in [0.15, 0.2) is 12.2 Å². The van der Waals surface area contributed by atoms with Gasteiger partial charge in [-0.1, -0.05) is 12.2 Å². The Morgan fingerprint density at radius 3 is 2.82 bits per heavy atom. The molecular formula is C8H13NO2. The molecule has 1 unspecified atom stereocenters. The minimum atomic E-state index is -0.0174. The van der Waals surface area contributed by atoms with Gasteiger partial charge >= 0.3 is 0 Å². The summed E-state index contributed by atoms with van der Waals surface area (Å²) in [6.45, 7) is 3.96. The lowest BCUT2D eigenvalue weighted by atomic mass is 9.99. The van der Waals surface area contributed by atoms with Crippen LogP contribution in [0.4, 0.5) is 0 Å². The average Bonchev–Trinajstić information content (AvgIpc) is 2.07. The van der Waals surface area contributed by atoms with Crippen molar-refractivity contribution in [2.75, 3.05) is 33.0 Å². The molecule has 3 heteroatoms. The summed E-state index contributed by atoms with van der Waals surface area (Å²) < 4.78 is 10.7. The number of ether oxygens (including phenoxy) is 2. The van der Waals surface area contributed by atoms with Gasteiger partial charge in [0.25, 0.3) is 0 Å². The Labute approximate surface area is 66.4 Å². The molecule has 0 aromatic heterocycles. The van der Waals surface area contributed by atoms with Crippen LogP contribution in [0.2, 0.25) is 0 Å². The third kappa shape index (κ3) is 1.45. The van der Waals surface area contributed by atoms with Crippen molar-refractivity contribution in [1.29, 1.82) is 0 Å². The molecule has 11 heavy (non-hydrogen) atoms. The lowest BCUT2D eigenvalue weighted by Gasteiger charge is -2.37. The molecule has 1 fully saturated rings. The number of hydrogen-bond donors (Lipinski definition) is 1. The molecule has 0 amide bonds. The molecule has 1 N–H and O–H groups in total. The predicted octanol–water partition coefficient (Wildman–Crippen LogP) is -0.0686. The molecule has 2 aliphatic rings. The Hall–Kier alpha value is -0.380. The van der Waals surface area contributed by atoms with Crippen molar-refractivity contribution in [1.82, 2.24) is 5.32 Å². The highest BCUT2D eigenvalue weighted by Crippen LogP contribution is 2.15. The second-order valence-corrected chi connectivity index (χ2v) is 3.05. The van der Waals surface area contributed by atoms with Crippen LogP contribution >= 0.6 is 0 Å². The first-order valence-electron chi connectivity index (χ1n) is 4.00. The van der Waals surface area contributed by atoms with Gasteiger partial charge < -0.3 is 14.8 Å². The van der Waals surface area contributed by atoms with Crippen LogP contribution in [0.3, 0.4) is 0 Å². The molecule has 3 nitrogen and oxygen atoms in total. The summed E-state index contributed by atoms with van der Waals surface area (Å²) in [7, 11) is 0. The molecule has 62 valence electrons. The maximum absolute atomic E-state index is 5.37. The van der Waals surface area contributed by atoms with Crippen LogP contribution in [0.25, 0.3) is 0 Å². The van der Waals surface area contributed by atoms with Gasteiger partial charge in [-0.05, 0) is 0 Å². The number of morpholine rings is 1. The molecule has 1 spiro atoms. The van der Waals surface area contributed by atoms with Gasteiger partial charge in [0, 0.05) is 6.54 Å². The second kappa shape index (κ2) is 2.93. The van der Waals surface area contributed by atoms with E-state index in [9.17, 15) is 0 Å². The zero-order chi connectivity index (χ0) is 7.57. The zero-order valence-electron chi connectivity index (χ0n) is 6.51. The van der Waals surface area contributed by atoms with Crippen LogP contribution in [0.5, 0.6) is 0 Å². The highest BCUT2D eigenvalue weighted by atomic mass is 16.5. The lowest BCUT2D eigenvalue weighted by Crippen LogP contribution is -2.56. The van der Waals surface area contributed by atoms with Gasteiger partial charge in [0.05, 0.1) is 32.0 Å². The predicted molar refractivity (Wildman–Crippen MR) is 41.5 cm³/mol. The van der Waals surface area contributed by atoms with Gasteiger partial charge in [0.1, 0.15) is 0 Å². The summed E-state index contributed by atoms with van der Waals surface area (Å²) in [5.41, 5.74) is -0.0174. The molecule has 2 aliphatic heterocycles. The van der Waals surface area contributed by atoms with E-state index in [-0.39, 0.29) is 5.54 Å². The normalized spacial score (nSPS) is 37.8. The highest BCUT2D eigenvalue weighted by Gasteiger charge is 2.31. The summed E-state index contributed by atoms with van der Waals surface area (Å²) in [6, 6.07) is 0. The number of rotatable bonds is 0. The fourth-order valence-electron chi connectivity index (χ4n) is 1.51. The van der Waals surface area contributed by atoms with Gasteiger partial charge in [-0.3, -0.25) is 0 Å². The molecule has 1 atom stereocenters. The van der Waals surface area contributed by atoms with E-state index in [0.29, 0.717) is 0 Å². The highest BCUT2D eigenvalue weighted by molar-refractivity contribution is 5.10. The first-order valence-corrected chi connectivity index (χ1v) is 4.00. The molecule has 0 aromatic rings.